The predicted octanol–water partition coefficient (Wildman–Crippen LogP) is 5.75. The Labute approximate surface area is 201 Å². The van der Waals surface area contributed by atoms with E-state index in [2.05, 4.69) is 15.0 Å². The van der Waals surface area contributed by atoms with Crippen LogP contribution in [-0.4, -0.2) is 25.1 Å². The van der Waals surface area contributed by atoms with E-state index in [1.807, 2.05) is 45.0 Å². The van der Waals surface area contributed by atoms with Gasteiger partial charge in [-0.2, -0.15) is 0 Å². The van der Waals surface area contributed by atoms with Gasteiger partial charge in [0.1, 0.15) is 0 Å². The summed E-state index contributed by atoms with van der Waals surface area (Å²) in [6.45, 7) is 5.82. The van der Waals surface area contributed by atoms with Crippen LogP contribution in [0.1, 0.15) is 16.7 Å². The monoisotopic (exact) mass is 497 g/mol. The minimum absolute atomic E-state index is 0.107. The third kappa shape index (κ3) is 5.73. The zero-order chi connectivity index (χ0) is 23.6. The van der Waals surface area contributed by atoms with Crippen molar-refractivity contribution in [1.29, 1.82) is 0 Å². The van der Waals surface area contributed by atoms with Crippen molar-refractivity contribution in [3.63, 3.8) is 0 Å². The van der Waals surface area contributed by atoms with Crippen LogP contribution in [0.4, 0.5) is 11.4 Å². The molecule has 9 heteroatoms. The van der Waals surface area contributed by atoms with Gasteiger partial charge in [-0.1, -0.05) is 35.5 Å². The fraction of sp³-hybridized carbons (Fsp3) is 0.167. The van der Waals surface area contributed by atoms with Gasteiger partial charge in [0.25, 0.3) is 10.0 Å². The Balaban J connectivity index is 1.43. The van der Waals surface area contributed by atoms with Crippen LogP contribution in [0.25, 0.3) is 10.2 Å². The number of thioether (sulfide) groups is 1. The Hall–Kier alpha value is -2.88. The minimum atomic E-state index is -3.69. The maximum Gasteiger partial charge on any atom is 0.261 e. The molecule has 0 saturated heterocycles. The van der Waals surface area contributed by atoms with E-state index >= 15 is 0 Å². The van der Waals surface area contributed by atoms with E-state index in [0.29, 0.717) is 5.69 Å². The van der Waals surface area contributed by atoms with Crippen LogP contribution in [0.3, 0.4) is 0 Å². The summed E-state index contributed by atoms with van der Waals surface area (Å²) in [4.78, 5) is 17.0. The Morgan fingerprint density at radius 1 is 0.939 bits per heavy atom. The molecule has 2 N–H and O–H groups in total. The van der Waals surface area contributed by atoms with E-state index < -0.39 is 10.0 Å². The summed E-state index contributed by atoms with van der Waals surface area (Å²) in [6, 6.07) is 17.9. The normalized spacial score (nSPS) is 11.5. The Morgan fingerprint density at radius 2 is 1.67 bits per heavy atom. The van der Waals surface area contributed by atoms with E-state index in [-0.39, 0.29) is 16.6 Å². The number of carbonyl (C=O) groups is 1. The van der Waals surface area contributed by atoms with Crippen molar-refractivity contribution in [2.75, 3.05) is 15.8 Å². The number of hydrogen-bond donors (Lipinski definition) is 2. The lowest BCUT2D eigenvalue weighted by molar-refractivity contribution is -0.113. The molecule has 0 spiro atoms. The molecule has 33 heavy (non-hydrogen) atoms. The van der Waals surface area contributed by atoms with Gasteiger partial charge >= 0.3 is 0 Å². The lowest BCUT2D eigenvalue weighted by atomic mass is 10.1. The molecule has 0 aliphatic rings. The number of fused-ring (bicyclic) bond motifs is 1. The van der Waals surface area contributed by atoms with Crippen molar-refractivity contribution < 1.29 is 13.2 Å². The molecule has 0 unspecified atom stereocenters. The number of nitrogens with zero attached hydrogens (tertiary/aromatic N) is 1. The summed E-state index contributed by atoms with van der Waals surface area (Å²) < 4.78 is 29.8. The molecular formula is C24H23N3O3S3. The number of aryl methyl sites for hydroxylation is 3. The molecule has 170 valence electrons. The fourth-order valence-electron chi connectivity index (χ4n) is 3.09. The van der Waals surface area contributed by atoms with E-state index in [1.165, 1.54) is 23.1 Å². The number of amides is 1. The average molecular weight is 498 g/mol. The molecule has 0 radical (unpaired) electrons. The topological polar surface area (TPSA) is 88.2 Å². The van der Waals surface area contributed by atoms with Crippen LogP contribution in [0, 0.1) is 20.8 Å². The Morgan fingerprint density at radius 3 is 2.39 bits per heavy atom. The number of rotatable bonds is 7. The molecule has 0 atom stereocenters. The molecule has 4 aromatic rings. The van der Waals surface area contributed by atoms with Gasteiger partial charge in [0, 0.05) is 5.69 Å². The van der Waals surface area contributed by atoms with Gasteiger partial charge in [0.05, 0.1) is 26.6 Å². The zero-order valence-corrected chi connectivity index (χ0v) is 20.8. The van der Waals surface area contributed by atoms with Crippen molar-refractivity contribution in [3.05, 3.63) is 77.4 Å². The molecule has 1 aromatic heterocycles. The smallest absolute Gasteiger partial charge is 0.261 e. The van der Waals surface area contributed by atoms with Crippen LogP contribution < -0.4 is 10.0 Å². The standard InChI is InChI=1S/C24H23N3O3S3/c1-15-4-7-18(8-5-15)25-23(28)14-31-24-26-21-11-9-19(13-22(21)32-24)27-33(29,30)20-10-6-16(2)17(3)12-20/h4-13,27H,14H2,1-3H3,(H,25,28). The molecule has 0 aliphatic carbocycles. The first-order valence-electron chi connectivity index (χ1n) is 10.2. The van der Waals surface area contributed by atoms with Gasteiger partial charge in [-0.15, -0.1) is 11.3 Å². The zero-order valence-electron chi connectivity index (χ0n) is 18.4. The number of benzene rings is 3. The summed E-state index contributed by atoms with van der Waals surface area (Å²) >= 11 is 2.78. The lowest BCUT2D eigenvalue weighted by Crippen LogP contribution is -2.13. The van der Waals surface area contributed by atoms with Crippen molar-refractivity contribution in [3.8, 4) is 0 Å². The lowest BCUT2D eigenvalue weighted by Gasteiger charge is -2.09. The molecule has 0 aliphatic heterocycles. The second-order valence-corrected chi connectivity index (χ2v) is 11.7. The summed E-state index contributed by atoms with van der Waals surface area (Å²) in [5, 5.41) is 2.87. The second-order valence-electron chi connectivity index (χ2n) is 7.72. The maximum absolute atomic E-state index is 12.8. The van der Waals surface area contributed by atoms with Crippen LogP contribution in [-0.2, 0) is 14.8 Å². The van der Waals surface area contributed by atoms with Crippen molar-refractivity contribution >= 4 is 60.6 Å². The largest absolute Gasteiger partial charge is 0.325 e. The van der Waals surface area contributed by atoms with Gasteiger partial charge in [-0.3, -0.25) is 9.52 Å². The van der Waals surface area contributed by atoms with Crippen molar-refractivity contribution in [2.45, 2.75) is 30.0 Å². The molecule has 0 fully saturated rings. The highest BCUT2D eigenvalue weighted by atomic mass is 32.2. The highest BCUT2D eigenvalue weighted by Gasteiger charge is 2.16. The fourth-order valence-corrected chi connectivity index (χ4v) is 6.13. The summed E-state index contributed by atoms with van der Waals surface area (Å²) in [6.07, 6.45) is 0. The molecule has 0 saturated carbocycles. The molecule has 6 nitrogen and oxygen atoms in total. The van der Waals surface area contributed by atoms with Gasteiger partial charge in [0.2, 0.25) is 5.91 Å². The van der Waals surface area contributed by atoms with Crippen LogP contribution >= 0.6 is 23.1 Å². The second kappa shape index (κ2) is 9.54. The molecule has 0 bridgehead atoms. The highest BCUT2D eigenvalue weighted by molar-refractivity contribution is 8.01. The van der Waals surface area contributed by atoms with Gasteiger partial charge in [-0.05, 0) is 74.4 Å². The number of hydrogen-bond acceptors (Lipinski definition) is 6. The molecule has 3 aromatic carbocycles. The van der Waals surface area contributed by atoms with Gasteiger partial charge in [-0.25, -0.2) is 13.4 Å². The molecule has 4 rings (SSSR count). The Kier molecular flexibility index (Phi) is 6.73. The number of anilines is 2. The first kappa shape index (κ1) is 23.3. The van der Waals surface area contributed by atoms with E-state index in [4.69, 9.17) is 0 Å². The number of nitrogens with one attached hydrogen (secondary N) is 2. The Bertz CT molecular complexity index is 1430. The maximum atomic E-state index is 12.8. The number of aromatic nitrogens is 1. The summed E-state index contributed by atoms with van der Waals surface area (Å²) in [5.41, 5.74) is 5.08. The van der Waals surface area contributed by atoms with Crippen LogP contribution in [0.2, 0.25) is 0 Å². The van der Waals surface area contributed by atoms with Crippen LogP contribution in [0.5, 0.6) is 0 Å². The number of carbonyl (C=O) groups excluding carboxylic acids is 1. The quantitative estimate of drug-likeness (QED) is 0.317. The molecule has 1 amide bonds. The van der Waals surface area contributed by atoms with E-state index in [0.717, 1.165) is 36.9 Å². The first-order valence-corrected chi connectivity index (χ1v) is 13.5. The van der Waals surface area contributed by atoms with Crippen molar-refractivity contribution in [2.24, 2.45) is 0 Å². The first-order chi connectivity index (χ1) is 15.7. The number of sulfonamides is 1. The minimum Gasteiger partial charge on any atom is -0.325 e. The van der Waals surface area contributed by atoms with Gasteiger partial charge < -0.3 is 5.32 Å². The van der Waals surface area contributed by atoms with Crippen molar-refractivity contribution in [1.82, 2.24) is 4.98 Å². The van der Waals surface area contributed by atoms with Gasteiger partial charge in [0.15, 0.2) is 4.34 Å². The number of thiazole rings is 1. The third-order valence-electron chi connectivity index (χ3n) is 5.07. The predicted molar refractivity (Wildman–Crippen MR) is 137 cm³/mol. The molecular weight excluding hydrogens is 474 g/mol. The molecule has 1 heterocycles. The summed E-state index contributed by atoms with van der Waals surface area (Å²) in [7, 11) is -3.69. The van der Waals surface area contributed by atoms with E-state index in [1.54, 1.807) is 36.4 Å². The SMILES string of the molecule is Cc1ccc(NC(=O)CSc2nc3ccc(NS(=O)(=O)c4ccc(C)c(C)c4)cc3s2)cc1. The average Bonchev–Trinajstić information content (AvgIpc) is 3.18. The summed E-state index contributed by atoms with van der Waals surface area (Å²) in [5.74, 6) is 0.130. The van der Waals surface area contributed by atoms with E-state index in [9.17, 15) is 13.2 Å². The highest BCUT2D eigenvalue weighted by Crippen LogP contribution is 2.32. The third-order valence-corrected chi connectivity index (χ3v) is 8.61. The van der Waals surface area contributed by atoms with Crippen LogP contribution in [0.15, 0.2) is 69.9 Å².